The molecule has 14 heavy (non-hydrogen) atoms. The number of rotatable bonds is 1. The summed E-state index contributed by atoms with van der Waals surface area (Å²) in [5, 5.41) is 27.9. The zero-order chi connectivity index (χ0) is 10.3. The van der Waals surface area contributed by atoms with Crippen LogP contribution in [0.15, 0.2) is 0 Å². The predicted molar refractivity (Wildman–Crippen MR) is 39.6 cm³/mol. The predicted octanol–water partition coefficient (Wildman–Crippen LogP) is -2.27. The van der Waals surface area contributed by atoms with E-state index in [4.69, 9.17) is 14.4 Å². The molecule has 2 heterocycles. The van der Waals surface area contributed by atoms with E-state index in [2.05, 4.69) is 4.89 Å². The van der Waals surface area contributed by atoms with Gasteiger partial charge in [0.1, 0.15) is 18.3 Å². The van der Waals surface area contributed by atoms with Crippen molar-refractivity contribution in [3.8, 4) is 0 Å². The molecule has 82 valence electrons. The van der Waals surface area contributed by atoms with E-state index in [1.165, 1.54) is 7.11 Å². The minimum atomic E-state index is -1.46. The maximum Gasteiger partial charge on any atom is 0.220 e. The molecule has 2 rings (SSSR count). The molecule has 3 N–H and O–H groups in total. The molecule has 6 atom stereocenters. The molecule has 0 spiro atoms. The van der Waals surface area contributed by atoms with Crippen molar-refractivity contribution in [2.24, 2.45) is 0 Å². The topological polar surface area (TPSA) is 97.6 Å². The van der Waals surface area contributed by atoms with Crippen molar-refractivity contribution in [2.45, 2.75) is 37.0 Å². The number of methoxy groups -OCH3 is 1. The molecule has 0 saturated carbocycles. The van der Waals surface area contributed by atoms with Crippen molar-refractivity contribution in [1.29, 1.82) is 0 Å². The van der Waals surface area contributed by atoms with Crippen molar-refractivity contribution in [3.05, 3.63) is 0 Å². The second kappa shape index (κ2) is 3.70. The maximum absolute atomic E-state index is 9.48. The molecular formula is C7H12O7. The van der Waals surface area contributed by atoms with Crippen molar-refractivity contribution < 1.29 is 34.6 Å². The van der Waals surface area contributed by atoms with Crippen LogP contribution in [0.25, 0.3) is 0 Å². The van der Waals surface area contributed by atoms with Crippen LogP contribution in [0.3, 0.4) is 0 Å². The second-order valence-electron chi connectivity index (χ2n) is 3.23. The van der Waals surface area contributed by atoms with E-state index in [1.54, 1.807) is 0 Å². The van der Waals surface area contributed by atoms with E-state index >= 15 is 0 Å². The van der Waals surface area contributed by atoms with E-state index in [9.17, 15) is 15.3 Å². The van der Waals surface area contributed by atoms with E-state index in [-0.39, 0.29) is 0 Å². The SMILES string of the molecule is CO[C@H]1OO[C@@H]2[C@H](O)[C@@H](O)[C@H](O)O[C@H]12. The third kappa shape index (κ3) is 1.43. The van der Waals surface area contributed by atoms with Crippen LogP contribution in [0, 0.1) is 0 Å². The van der Waals surface area contributed by atoms with Gasteiger partial charge in [0.15, 0.2) is 12.4 Å². The van der Waals surface area contributed by atoms with Crippen LogP contribution in [0.5, 0.6) is 0 Å². The van der Waals surface area contributed by atoms with Gasteiger partial charge in [-0.2, -0.15) is 0 Å². The highest BCUT2D eigenvalue weighted by molar-refractivity contribution is 4.92. The van der Waals surface area contributed by atoms with Gasteiger partial charge < -0.3 is 24.8 Å². The molecule has 0 aromatic carbocycles. The summed E-state index contributed by atoms with van der Waals surface area (Å²) in [6.07, 6.45) is -6.53. The fraction of sp³-hybridized carbons (Fsp3) is 1.00. The van der Waals surface area contributed by atoms with Crippen LogP contribution in [0.1, 0.15) is 0 Å². The van der Waals surface area contributed by atoms with Crippen molar-refractivity contribution >= 4 is 0 Å². The molecule has 0 amide bonds. The standard InChI is InChI=1S/C7H12O7/c1-11-7-5-4(13-14-7)2(8)3(9)6(10)12-5/h2-10H,1H3/t2-,3-,4-,5+,6-,7+/m1/s1. The van der Waals surface area contributed by atoms with Crippen LogP contribution in [0.2, 0.25) is 0 Å². The zero-order valence-electron chi connectivity index (χ0n) is 7.44. The second-order valence-corrected chi connectivity index (χ2v) is 3.23. The Balaban J connectivity index is 2.11. The first kappa shape index (κ1) is 10.2. The van der Waals surface area contributed by atoms with E-state index in [1.807, 2.05) is 0 Å². The first-order valence-corrected chi connectivity index (χ1v) is 4.19. The molecule has 2 fully saturated rings. The number of hydrogen-bond donors (Lipinski definition) is 3. The van der Waals surface area contributed by atoms with Gasteiger partial charge in [0, 0.05) is 7.11 Å². The van der Waals surface area contributed by atoms with Gasteiger partial charge in [-0.25, -0.2) is 9.78 Å². The molecule has 0 radical (unpaired) electrons. The molecule has 0 aliphatic carbocycles. The van der Waals surface area contributed by atoms with Crippen molar-refractivity contribution in [1.82, 2.24) is 0 Å². The lowest BCUT2D eigenvalue weighted by Gasteiger charge is -2.35. The number of aliphatic hydroxyl groups excluding tert-OH is 3. The fourth-order valence-electron chi connectivity index (χ4n) is 1.55. The Morgan fingerprint density at radius 2 is 1.71 bits per heavy atom. The van der Waals surface area contributed by atoms with Gasteiger partial charge >= 0.3 is 0 Å². The number of fused-ring (bicyclic) bond motifs is 1. The van der Waals surface area contributed by atoms with E-state index in [0.29, 0.717) is 0 Å². The van der Waals surface area contributed by atoms with Gasteiger partial charge in [-0.1, -0.05) is 0 Å². The summed E-state index contributed by atoms with van der Waals surface area (Å²) in [5.41, 5.74) is 0. The van der Waals surface area contributed by atoms with Crippen LogP contribution in [0.4, 0.5) is 0 Å². The highest BCUT2D eigenvalue weighted by Gasteiger charge is 2.53. The molecule has 7 heteroatoms. The molecule has 7 nitrogen and oxygen atoms in total. The fourth-order valence-corrected chi connectivity index (χ4v) is 1.55. The highest BCUT2D eigenvalue weighted by atomic mass is 17.2. The van der Waals surface area contributed by atoms with Crippen molar-refractivity contribution in [3.63, 3.8) is 0 Å². The quantitative estimate of drug-likeness (QED) is 0.418. The molecule has 0 aromatic heterocycles. The average molecular weight is 208 g/mol. The number of ether oxygens (including phenoxy) is 2. The molecule has 0 unspecified atom stereocenters. The van der Waals surface area contributed by atoms with Gasteiger partial charge in [0.05, 0.1) is 0 Å². The number of aliphatic hydroxyl groups is 3. The van der Waals surface area contributed by atoms with Gasteiger partial charge in [-0.3, -0.25) is 0 Å². The Morgan fingerprint density at radius 3 is 2.36 bits per heavy atom. The molecule has 2 aliphatic heterocycles. The summed E-state index contributed by atoms with van der Waals surface area (Å²) in [5.74, 6) is 0. The maximum atomic E-state index is 9.48. The summed E-state index contributed by atoms with van der Waals surface area (Å²) in [7, 11) is 1.38. The summed E-state index contributed by atoms with van der Waals surface area (Å²) < 4.78 is 9.80. The minimum absolute atomic E-state index is 0.742. The third-order valence-electron chi connectivity index (χ3n) is 2.36. The largest absolute Gasteiger partial charge is 0.387 e. The summed E-state index contributed by atoms with van der Waals surface area (Å²) in [4.78, 5) is 9.41. The van der Waals surface area contributed by atoms with Gasteiger partial charge in [-0.15, -0.1) is 0 Å². The van der Waals surface area contributed by atoms with Crippen LogP contribution >= 0.6 is 0 Å². The molecule has 0 aromatic rings. The first-order chi connectivity index (χ1) is 6.65. The Bertz CT molecular complexity index is 210. The van der Waals surface area contributed by atoms with Crippen molar-refractivity contribution in [2.75, 3.05) is 7.11 Å². The van der Waals surface area contributed by atoms with Crippen LogP contribution in [-0.2, 0) is 19.2 Å². The molecule has 0 bridgehead atoms. The van der Waals surface area contributed by atoms with Gasteiger partial charge in [0.25, 0.3) is 0 Å². The lowest BCUT2D eigenvalue weighted by Crippen LogP contribution is -2.58. The smallest absolute Gasteiger partial charge is 0.220 e. The highest BCUT2D eigenvalue weighted by Crippen LogP contribution is 2.31. The average Bonchev–Trinajstić information content (AvgIpc) is 2.57. The molecule has 2 aliphatic rings. The summed E-state index contributed by atoms with van der Waals surface area (Å²) in [6.45, 7) is 0. The monoisotopic (exact) mass is 208 g/mol. The summed E-state index contributed by atoms with van der Waals surface area (Å²) in [6, 6.07) is 0. The zero-order valence-corrected chi connectivity index (χ0v) is 7.44. The number of hydrogen-bond acceptors (Lipinski definition) is 7. The first-order valence-electron chi connectivity index (χ1n) is 4.19. The van der Waals surface area contributed by atoms with Gasteiger partial charge in [-0.05, 0) is 0 Å². The lowest BCUT2D eigenvalue weighted by atomic mass is 9.99. The lowest BCUT2D eigenvalue weighted by molar-refractivity contribution is -0.348. The molecule has 2 saturated heterocycles. The third-order valence-corrected chi connectivity index (χ3v) is 2.36. The normalized spacial score (nSPS) is 53.1. The Hall–Kier alpha value is -0.280. The van der Waals surface area contributed by atoms with Crippen LogP contribution < -0.4 is 0 Å². The Morgan fingerprint density at radius 1 is 1.00 bits per heavy atom. The Kier molecular flexibility index (Phi) is 2.71. The summed E-state index contributed by atoms with van der Waals surface area (Å²) >= 11 is 0. The van der Waals surface area contributed by atoms with Gasteiger partial charge in [0.2, 0.25) is 6.29 Å². The van der Waals surface area contributed by atoms with E-state index in [0.717, 1.165) is 0 Å². The molecular weight excluding hydrogens is 196 g/mol. The van der Waals surface area contributed by atoms with Crippen LogP contribution in [-0.4, -0.2) is 59.4 Å². The Labute approximate surface area is 79.7 Å². The minimum Gasteiger partial charge on any atom is -0.387 e. The van der Waals surface area contributed by atoms with E-state index < -0.39 is 37.0 Å².